The van der Waals surface area contributed by atoms with E-state index >= 15 is 0 Å². The van der Waals surface area contributed by atoms with Gasteiger partial charge in [-0.15, -0.1) is 0 Å². The van der Waals surface area contributed by atoms with Gasteiger partial charge in [0.2, 0.25) is 5.89 Å². The molecule has 0 amide bonds. The largest absolute Gasteiger partial charge is 0.465 e. The first-order valence-corrected chi connectivity index (χ1v) is 8.21. The van der Waals surface area contributed by atoms with Gasteiger partial charge >= 0.3 is 5.97 Å². The molecule has 134 valence electrons. The van der Waals surface area contributed by atoms with Crippen LogP contribution < -0.4 is 5.56 Å². The van der Waals surface area contributed by atoms with Crippen molar-refractivity contribution < 1.29 is 13.9 Å². The van der Waals surface area contributed by atoms with Crippen molar-refractivity contribution in [1.29, 1.82) is 0 Å². The molecule has 2 aromatic carbocycles. The van der Waals surface area contributed by atoms with Crippen molar-refractivity contribution in [3.8, 4) is 22.7 Å². The maximum atomic E-state index is 11.5. The van der Waals surface area contributed by atoms with Gasteiger partial charge < -0.3 is 9.15 Å². The molecule has 0 atom stereocenters. The fourth-order valence-corrected chi connectivity index (χ4v) is 2.85. The van der Waals surface area contributed by atoms with Crippen LogP contribution in [0.15, 0.2) is 57.7 Å². The van der Waals surface area contributed by atoms with Crippen LogP contribution in [0.1, 0.15) is 15.9 Å². The van der Waals surface area contributed by atoms with Crippen molar-refractivity contribution in [1.82, 2.24) is 15.2 Å². The minimum Gasteiger partial charge on any atom is -0.465 e. The van der Waals surface area contributed by atoms with Crippen LogP contribution >= 0.6 is 0 Å². The number of rotatable bonds is 3. The molecule has 0 aliphatic rings. The van der Waals surface area contributed by atoms with E-state index in [-0.39, 0.29) is 5.56 Å². The Morgan fingerprint density at radius 2 is 1.81 bits per heavy atom. The Hall–Kier alpha value is -3.74. The molecule has 0 saturated heterocycles. The maximum absolute atomic E-state index is 11.5. The predicted molar refractivity (Wildman–Crippen MR) is 99.4 cm³/mol. The molecule has 4 aromatic rings. The molecule has 0 aliphatic carbocycles. The minimum absolute atomic E-state index is 0.241. The number of hydrogen-bond acceptors (Lipinski definition) is 6. The highest BCUT2D eigenvalue weighted by molar-refractivity contribution is 5.90. The van der Waals surface area contributed by atoms with Crippen LogP contribution in [0.5, 0.6) is 0 Å². The molecule has 0 radical (unpaired) electrons. The summed E-state index contributed by atoms with van der Waals surface area (Å²) >= 11 is 0. The van der Waals surface area contributed by atoms with Crippen LogP contribution in [-0.2, 0) is 4.74 Å². The van der Waals surface area contributed by atoms with Crippen molar-refractivity contribution in [3.63, 3.8) is 0 Å². The molecule has 0 aliphatic heterocycles. The van der Waals surface area contributed by atoms with Gasteiger partial charge in [-0.2, -0.15) is 5.10 Å². The number of aryl methyl sites for hydroxylation is 1. The van der Waals surface area contributed by atoms with Crippen LogP contribution in [0.2, 0.25) is 0 Å². The number of H-pyrrole nitrogens is 1. The third-order valence-corrected chi connectivity index (χ3v) is 4.21. The van der Waals surface area contributed by atoms with Gasteiger partial charge in [-0.25, -0.2) is 14.9 Å². The Kier molecular flexibility index (Phi) is 4.04. The molecular weight excluding hydrogens is 346 g/mol. The zero-order valence-electron chi connectivity index (χ0n) is 14.6. The van der Waals surface area contributed by atoms with Crippen molar-refractivity contribution in [3.05, 3.63) is 70.0 Å². The molecule has 0 fully saturated rings. The second kappa shape index (κ2) is 6.53. The highest BCUT2D eigenvalue weighted by atomic mass is 16.5. The summed E-state index contributed by atoms with van der Waals surface area (Å²) in [4.78, 5) is 27.4. The quantitative estimate of drug-likeness (QED) is 0.562. The summed E-state index contributed by atoms with van der Waals surface area (Å²) in [6, 6.07) is 13.9. The predicted octanol–water partition coefficient (Wildman–Crippen LogP) is 3.34. The Labute approximate surface area is 153 Å². The monoisotopic (exact) mass is 361 g/mol. The number of benzene rings is 2. The molecule has 2 heterocycles. The minimum atomic E-state index is -0.396. The van der Waals surface area contributed by atoms with Crippen molar-refractivity contribution in [2.24, 2.45) is 0 Å². The molecule has 0 bridgehead atoms. The van der Waals surface area contributed by atoms with Gasteiger partial charge in [0, 0.05) is 17.2 Å². The summed E-state index contributed by atoms with van der Waals surface area (Å²) in [7, 11) is 1.34. The van der Waals surface area contributed by atoms with Crippen LogP contribution in [0.3, 0.4) is 0 Å². The zero-order valence-corrected chi connectivity index (χ0v) is 14.6. The van der Waals surface area contributed by atoms with E-state index in [0.717, 1.165) is 16.7 Å². The molecule has 2 aromatic heterocycles. The lowest BCUT2D eigenvalue weighted by molar-refractivity contribution is 0.0600. The number of nitrogens with one attached hydrogen (secondary N) is 1. The average molecular weight is 361 g/mol. The number of oxazole rings is 1. The number of carbonyl (C=O) groups is 1. The van der Waals surface area contributed by atoms with Gasteiger partial charge in [0.15, 0.2) is 5.58 Å². The summed E-state index contributed by atoms with van der Waals surface area (Å²) in [6.45, 7) is 1.83. The lowest BCUT2D eigenvalue weighted by Crippen LogP contribution is -2.08. The topological polar surface area (TPSA) is 98.1 Å². The molecule has 0 spiro atoms. The second-order valence-electron chi connectivity index (χ2n) is 6.03. The van der Waals surface area contributed by atoms with E-state index in [2.05, 4.69) is 15.2 Å². The molecule has 0 saturated carbocycles. The van der Waals surface area contributed by atoms with Gasteiger partial charge in [-0.1, -0.05) is 6.07 Å². The molecule has 1 N–H and O–H groups in total. The number of nitrogens with zero attached hydrogens (tertiary/aromatic N) is 2. The van der Waals surface area contributed by atoms with E-state index in [1.54, 1.807) is 24.3 Å². The van der Waals surface area contributed by atoms with Gasteiger partial charge in [0.1, 0.15) is 5.52 Å². The number of ether oxygens (including phenoxy) is 1. The summed E-state index contributed by atoms with van der Waals surface area (Å²) < 4.78 is 10.6. The first kappa shape index (κ1) is 16.7. The third-order valence-electron chi connectivity index (χ3n) is 4.21. The SMILES string of the molecule is COC(=O)c1ccc(-c2nc3ccc(-c4n[nH]c(=O)cc4C)cc3o2)cc1. The summed E-state index contributed by atoms with van der Waals surface area (Å²) in [5, 5.41) is 6.56. The first-order valence-electron chi connectivity index (χ1n) is 8.21. The van der Waals surface area contributed by atoms with Crippen LogP contribution in [0, 0.1) is 6.92 Å². The number of aromatic nitrogens is 3. The van der Waals surface area contributed by atoms with Gasteiger partial charge in [-0.3, -0.25) is 4.79 Å². The van der Waals surface area contributed by atoms with E-state index in [9.17, 15) is 9.59 Å². The highest BCUT2D eigenvalue weighted by Crippen LogP contribution is 2.28. The van der Waals surface area contributed by atoms with E-state index in [0.29, 0.717) is 28.2 Å². The second-order valence-corrected chi connectivity index (χ2v) is 6.03. The number of carbonyl (C=O) groups excluding carboxylic acids is 1. The van der Waals surface area contributed by atoms with Gasteiger partial charge in [0.25, 0.3) is 5.56 Å². The fraction of sp³-hybridized carbons (Fsp3) is 0.100. The standard InChI is InChI=1S/C20H15N3O4/c1-11-9-17(24)22-23-18(11)14-7-8-15-16(10-14)27-19(21-15)12-3-5-13(6-4-12)20(25)26-2/h3-10H,1-2H3,(H,22,24). The van der Waals surface area contributed by atoms with Crippen molar-refractivity contribution >= 4 is 17.1 Å². The van der Waals surface area contributed by atoms with E-state index in [1.165, 1.54) is 13.2 Å². The summed E-state index contributed by atoms with van der Waals surface area (Å²) in [5.74, 6) is 0.0530. The molecule has 27 heavy (non-hydrogen) atoms. The van der Waals surface area contributed by atoms with E-state index in [4.69, 9.17) is 9.15 Å². The number of aromatic amines is 1. The van der Waals surface area contributed by atoms with Crippen molar-refractivity contribution in [2.75, 3.05) is 7.11 Å². The lowest BCUT2D eigenvalue weighted by Gasteiger charge is -2.02. The van der Waals surface area contributed by atoms with Gasteiger partial charge in [-0.05, 0) is 48.9 Å². The Morgan fingerprint density at radius 3 is 2.52 bits per heavy atom. The molecule has 7 nitrogen and oxygen atoms in total. The fourth-order valence-electron chi connectivity index (χ4n) is 2.85. The number of esters is 1. The number of hydrogen-bond donors (Lipinski definition) is 1. The number of fused-ring (bicyclic) bond motifs is 1. The van der Waals surface area contributed by atoms with Crippen molar-refractivity contribution in [2.45, 2.75) is 6.92 Å². The maximum Gasteiger partial charge on any atom is 0.337 e. The summed E-state index contributed by atoms with van der Waals surface area (Å²) in [5.41, 5.74) is 4.54. The average Bonchev–Trinajstić information content (AvgIpc) is 3.11. The van der Waals surface area contributed by atoms with Gasteiger partial charge in [0.05, 0.1) is 18.4 Å². The Bertz CT molecular complexity index is 1210. The van der Waals surface area contributed by atoms with E-state index < -0.39 is 5.97 Å². The highest BCUT2D eigenvalue weighted by Gasteiger charge is 2.12. The molecule has 4 rings (SSSR count). The van der Waals surface area contributed by atoms with Crippen LogP contribution in [-0.4, -0.2) is 28.3 Å². The molecular formula is C20H15N3O4. The normalized spacial score (nSPS) is 10.9. The van der Waals surface area contributed by atoms with Crippen LogP contribution in [0.4, 0.5) is 0 Å². The molecule has 0 unspecified atom stereocenters. The Morgan fingerprint density at radius 1 is 1.07 bits per heavy atom. The Balaban J connectivity index is 1.72. The molecule has 7 heteroatoms. The number of methoxy groups -OCH3 is 1. The zero-order chi connectivity index (χ0) is 19.0. The third kappa shape index (κ3) is 3.10. The lowest BCUT2D eigenvalue weighted by atomic mass is 10.1. The first-order chi connectivity index (χ1) is 13.0. The van der Waals surface area contributed by atoms with E-state index in [1.807, 2.05) is 25.1 Å². The summed E-state index contributed by atoms with van der Waals surface area (Å²) in [6.07, 6.45) is 0. The smallest absolute Gasteiger partial charge is 0.337 e. The van der Waals surface area contributed by atoms with Crippen LogP contribution in [0.25, 0.3) is 33.8 Å².